The summed E-state index contributed by atoms with van der Waals surface area (Å²) >= 11 is 2.19. The first-order valence-electron chi connectivity index (χ1n) is 5.79. The summed E-state index contributed by atoms with van der Waals surface area (Å²) in [6.45, 7) is 0. The molecule has 1 aromatic rings. The zero-order valence-corrected chi connectivity index (χ0v) is 12.7. The van der Waals surface area contributed by atoms with Gasteiger partial charge in [0.1, 0.15) is 24.1 Å². The van der Waals surface area contributed by atoms with Crippen LogP contribution in [0.2, 0.25) is 0 Å². The van der Waals surface area contributed by atoms with Crippen LogP contribution in [0.1, 0.15) is 0 Å². The van der Waals surface area contributed by atoms with Crippen molar-refractivity contribution < 1.29 is 40.2 Å². The molecule has 1 fully saturated rings. The first-order chi connectivity index (χ1) is 9.73. The Bertz CT molecular complexity index is 444. The number of benzene rings is 1. The number of carboxylic acids is 1. The van der Waals surface area contributed by atoms with Gasteiger partial charge in [0.25, 0.3) is 0 Å². The van der Waals surface area contributed by atoms with Gasteiger partial charge in [-0.2, -0.15) is 0 Å². The largest absolute Gasteiger partial charge is 0.508 e. The second-order valence-electron chi connectivity index (χ2n) is 4.23. The Labute approximate surface area is 133 Å². The van der Waals surface area contributed by atoms with Crippen LogP contribution in [0.4, 0.5) is 0 Å². The fourth-order valence-electron chi connectivity index (χ4n) is 1.51. The van der Waals surface area contributed by atoms with Crippen LogP contribution in [0.15, 0.2) is 24.3 Å². The van der Waals surface area contributed by atoms with Crippen LogP contribution in [0.5, 0.6) is 5.75 Å². The molecule has 118 valence electrons. The van der Waals surface area contributed by atoms with Gasteiger partial charge in [0.2, 0.25) is 0 Å². The number of aliphatic carboxylic acids is 1. The summed E-state index contributed by atoms with van der Waals surface area (Å²) in [4.78, 5) is 10.4. The first-order valence-corrected chi connectivity index (χ1v) is 6.87. The summed E-state index contributed by atoms with van der Waals surface area (Å²) in [5.74, 6) is -1.19. The first kappa shape index (κ1) is 18.1. The smallest absolute Gasteiger partial charge is 0.335 e. The van der Waals surface area contributed by atoms with Crippen molar-refractivity contribution in [1.29, 1.82) is 0 Å². The number of hydrogen-bond acceptors (Lipinski definition) is 7. The summed E-state index contributed by atoms with van der Waals surface area (Å²) in [7, 11) is 0. The van der Waals surface area contributed by atoms with Crippen LogP contribution in [-0.2, 0) is 9.53 Å². The number of phenols is 1. The lowest BCUT2D eigenvalue weighted by Gasteiger charge is -2.36. The van der Waals surface area contributed by atoms with E-state index in [4.69, 9.17) is 30.6 Å². The summed E-state index contributed by atoms with van der Waals surface area (Å²) < 4.78 is 5.48. The number of carbonyl (C=O) groups is 1. The SMILES string of the molecule is O=C(O)[C@H]1O[C@@H](O)[C@H](O)[C@@H](O)[C@@H]1O.Oc1ccc(I)cc1. The number of aliphatic hydroxyl groups excluding tert-OH is 4. The molecule has 0 aliphatic carbocycles. The van der Waals surface area contributed by atoms with E-state index >= 15 is 0 Å². The Morgan fingerprint density at radius 1 is 1.00 bits per heavy atom. The van der Waals surface area contributed by atoms with Gasteiger partial charge in [-0.05, 0) is 46.9 Å². The van der Waals surface area contributed by atoms with Crippen molar-refractivity contribution in [3.8, 4) is 5.75 Å². The minimum atomic E-state index is -1.81. The maximum absolute atomic E-state index is 10.4. The highest BCUT2D eigenvalue weighted by Crippen LogP contribution is 2.19. The minimum Gasteiger partial charge on any atom is -0.508 e. The lowest BCUT2D eigenvalue weighted by molar-refractivity contribution is -0.279. The minimum absolute atomic E-state index is 0.324. The average molecular weight is 414 g/mol. The van der Waals surface area contributed by atoms with Crippen molar-refractivity contribution in [3.63, 3.8) is 0 Å². The van der Waals surface area contributed by atoms with Crippen molar-refractivity contribution in [2.45, 2.75) is 30.7 Å². The fraction of sp³-hybridized carbons (Fsp3) is 0.417. The van der Waals surface area contributed by atoms with Crippen LogP contribution in [0.25, 0.3) is 0 Å². The molecule has 0 unspecified atom stereocenters. The third-order valence-electron chi connectivity index (χ3n) is 2.66. The van der Waals surface area contributed by atoms with Gasteiger partial charge in [-0.3, -0.25) is 0 Å². The van der Waals surface area contributed by atoms with Gasteiger partial charge in [0.05, 0.1) is 0 Å². The van der Waals surface area contributed by atoms with E-state index in [1.54, 1.807) is 12.1 Å². The monoisotopic (exact) mass is 414 g/mol. The summed E-state index contributed by atoms with van der Waals surface area (Å²) in [6, 6.07) is 7.05. The van der Waals surface area contributed by atoms with Gasteiger partial charge in [-0.15, -0.1) is 0 Å². The highest BCUT2D eigenvalue weighted by molar-refractivity contribution is 14.1. The number of carboxylic acid groups (broad SMARTS) is 1. The average Bonchev–Trinajstić information content (AvgIpc) is 2.44. The molecule has 0 bridgehead atoms. The zero-order chi connectivity index (χ0) is 16.2. The molecule has 0 radical (unpaired) electrons. The van der Waals surface area contributed by atoms with Crippen LogP contribution >= 0.6 is 22.6 Å². The molecule has 1 aliphatic heterocycles. The maximum Gasteiger partial charge on any atom is 0.335 e. The van der Waals surface area contributed by atoms with Gasteiger partial charge >= 0.3 is 5.97 Å². The van der Waals surface area contributed by atoms with E-state index in [-0.39, 0.29) is 0 Å². The van der Waals surface area contributed by atoms with Gasteiger partial charge in [-0.1, -0.05) is 0 Å². The lowest BCUT2D eigenvalue weighted by Crippen LogP contribution is -2.59. The van der Waals surface area contributed by atoms with Crippen molar-refractivity contribution >= 4 is 28.6 Å². The van der Waals surface area contributed by atoms with Crippen molar-refractivity contribution in [3.05, 3.63) is 27.8 Å². The molecule has 0 aromatic heterocycles. The van der Waals surface area contributed by atoms with Gasteiger partial charge < -0.3 is 35.4 Å². The number of hydrogen-bond donors (Lipinski definition) is 6. The molecule has 1 saturated heterocycles. The molecule has 0 saturated carbocycles. The normalized spacial score (nSPS) is 32.0. The molecule has 8 nitrogen and oxygen atoms in total. The van der Waals surface area contributed by atoms with Gasteiger partial charge in [-0.25, -0.2) is 4.79 Å². The molecular weight excluding hydrogens is 399 g/mol. The molecule has 1 heterocycles. The van der Waals surface area contributed by atoms with E-state index in [9.17, 15) is 4.79 Å². The zero-order valence-electron chi connectivity index (χ0n) is 10.6. The van der Waals surface area contributed by atoms with E-state index < -0.39 is 36.7 Å². The molecule has 21 heavy (non-hydrogen) atoms. The standard InChI is InChI=1S/C6H5IO.C6H10O7/c7-5-1-3-6(8)4-2-5;7-1-2(8)4(5(10)11)13-6(12)3(1)9/h1-4,8H;1-4,6-9,12H,(H,10,11)/t;1-,2-,3+,4-,6+/m.0/s1. The number of halogens is 1. The third-order valence-corrected chi connectivity index (χ3v) is 3.38. The predicted molar refractivity (Wildman–Crippen MR) is 77.4 cm³/mol. The Morgan fingerprint density at radius 3 is 1.95 bits per heavy atom. The highest BCUT2D eigenvalue weighted by Gasteiger charge is 2.46. The van der Waals surface area contributed by atoms with E-state index in [1.165, 1.54) is 0 Å². The van der Waals surface area contributed by atoms with Gasteiger partial charge in [0, 0.05) is 3.57 Å². The van der Waals surface area contributed by atoms with Crippen LogP contribution < -0.4 is 0 Å². The summed E-state index contributed by atoms with van der Waals surface area (Å²) in [5, 5.41) is 53.1. The summed E-state index contributed by atoms with van der Waals surface area (Å²) in [6.07, 6.45) is -8.72. The molecule has 0 spiro atoms. The molecule has 1 aromatic carbocycles. The van der Waals surface area contributed by atoms with Crippen molar-refractivity contribution in [2.75, 3.05) is 0 Å². The Hall–Kier alpha value is -0.980. The Kier molecular flexibility index (Phi) is 6.77. The highest BCUT2D eigenvalue weighted by atomic mass is 127. The molecular formula is C12H15IO8. The van der Waals surface area contributed by atoms with E-state index in [0.29, 0.717) is 5.75 Å². The Morgan fingerprint density at radius 2 is 1.52 bits per heavy atom. The second kappa shape index (κ2) is 7.87. The van der Waals surface area contributed by atoms with E-state index in [0.717, 1.165) is 3.57 Å². The number of phenolic OH excluding ortho intramolecular Hbond substituents is 1. The van der Waals surface area contributed by atoms with Crippen LogP contribution in [-0.4, -0.2) is 67.3 Å². The number of aromatic hydroxyl groups is 1. The third kappa shape index (κ3) is 5.05. The molecule has 6 N–H and O–H groups in total. The Balaban J connectivity index is 0.000000235. The molecule has 0 amide bonds. The quantitative estimate of drug-likeness (QED) is 0.317. The molecule has 5 atom stereocenters. The van der Waals surface area contributed by atoms with Crippen LogP contribution in [0.3, 0.4) is 0 Å². The molecule has 2 rings (SSSR count). The molecule has 9 heteroatoms. The predicted octanol–water partition coefficient (Wildman–Crippen LogP) is -1.13. The van der Waals surface area contributed by atoms with E-state index in [1.807, 2.05) is 12.1 Å². The van der Waals surface area contributed by atoms with Crippen LogP contribution in [0, 0.1) is 3.57 Å². The molecule has 1 aliphatic rings. The maximum atomic E-state index is 10.4. The van der Waals surface area contributed by atoms with Crippen molar-refractivity contribution in [2.24, 2.45) is 0 Å². The summed E-state index contributed by atoms with van der Waals surface area (Å²) in [5.41, 5.74) is 0. The number of ether oxygens (including phenoxy) is 1. The lowest BCUT2D eigenvalue weighted by atomic mass is 9.99. The topological polar surface area (TPSA) is 148 Å². The van der Waals surface area contributed by atoms with E-state index in [2.05, 4.69) is 27.3 Å². The fourth-order valence-corrected chi connectivity index (χ4v) is 1.87. The second-order valence-corrected chi connectivity index (χ2v) is 5.48. The number of aliphatic hydroxyl groups is 4. The van der Waals surface area contributed by atoms with Crippen molar-refractivity contribution in [1.82, 2.24) is 0 Å². The number of rotatable bonds is 1. The van der Waals surface area contributed by atoms with Gasteiger partial charge in [0.15, 0.2) is 12.4 Å².